The fourth-order valence-corrected chi connectivity index (χ4v) is 2.88. The van der Waals surface area contributed by atoms with Gasteiger partial charge in [0, 0.05) is 6.54 Å². The molecule has 0 aliphatic heterocycles. The average molecular weight is 342 g/mol. The van der Waals surface area contributed by atoms with Crippen LogP contribution in [0.3, 0.4) is 0 Å². The fourth-order valence-electron chi connectivity index (χ4n) is 2.29. The van der Waals surface area contributed by atoms with E-state index < -0.39 is 0 Å². The maximum absolute atomic E-state index is 5.29. The van der Waals surface area contributed by atoms with Crippen LogP contribution in [0.25, 0.3) is 0 Å². The van der Waals surface area contributed by atoms with Gasteiger partial charge < -0.3 is 10.1 Å². The second kappa shape index (κ2) is 8.04. The Morgan fingerprint density at radius 1 is 1.35 bits per heavy atom. The first kappa shape index (κ1) is 17.5. The van der Waals surface area contributed by atoms with Crippen LogP contribution < -0.4 is 10.1 Å². The summed E-state index contributed by atoms with van der Waals surface area (Å²) in [5.74, 6) is 1.59. The zero-order valence-corrected chi connectivity index (χ0v) is 15.0. The van der Waals surface area contributed by atoms with E-state index in [-0.39, 0.29) is 0 Å². The Bertz CT molecular complexity index is 419. The van der Waals surface area contributed by atoms with E-state index in [0.29, 0.717) is 11.3 Å². The highest BCUT2D eigenvalue weighted by Gasteiger charge is 2.22. The van der Waals surface area contributed by atoms with Gasteiger partial charge in [0.25, 0.3) is 0 Å². The van der Waals surface area contributed by atoms with Crippen LogP contribution in [0.5, 0.6) is 5.75 Å². The molecule has 20 heavy (non-hydrogen) atoms. The summed E-state index contributed by atoms with van der Waals surface area (Å²) >= 11 is 3.57. The number of benzene rings is 1. The quantitative estimate of drug-likeness (QED) is 0.742. The molecule has 0 radical (unpaired) electrons. The summed E-state index contributed by atoms with van der Waals surface area (Å²) in [5.41, 5.74) is 1.65. The molecule has 0 amide bonds. The van der Waals surface area contributed by atoms with E-state index in [9.17, 15) is 0 Å². The molecule has 0 aromatic heterocycles. The molecule has 3 heteroatoms. The van der Waals surface area contributed by atoms with E-state index in [1.807, 2.05) is 6.07 Å². The van der Waals surface area contributed by atoms with Crippen molar-refractivity contribution in [3.05, 3.63) is 28.2 Å². The van der Waals surface area contributed by atoms with Crippen LogP contribution in [0.15, 0.2) is 22.7 Å². The third-order valence-corrected chi connectivity index (χ3v) is 4.42. The lowest BCUT2D eigenvalue weighted by Crippen LogP contribution is -2.35. The Morgan fingerprint density at radius 2 is 2.05 bits per heavy atom. The van der Waals surface area contributed by atoms with Crippen LogP contribution in [0.4, 0.5) is 0 Å². The first-order chi connectivity index (χ1) is 9.40. The molecule has 0 bridgehead atoms. The molecule has 0 saturated carbocycles. The normalized spacial score (nSPS) is 14.3. The second-order valence-corrected chi connectivity index (χ2v) is 7.19. The van der Waals surface area contributed by atoms with Crippen LogP contribution >= 0.6 is 15.9 Å². The van der Waals surface area contributed by atoms with Crippen molar-refractivity contribution in [2.24, 2.45) is 11.3 Å². The van der Waals surface area contributed by atoms with Crippen LogP contribution in [0.2, 0.25) is 0 Å². The van der Waals surface area contributed by atoms with E-state index >= 15 is 0 Å². The Balaban J connectivity index is 2.69. The van der Waals surface area contributed by atoms with Crippen molar-refractivity contribution in [2.75, 3.05) is 20.2 Å². The highest BCUT2D eigenvalue weighted by Crippen LogP contribution is 2.30. The zero-order chi connectivity index (χ0) is 15.2. The third-order valence-electron chi connectivity index (χ3n) is 3.81. The lowest BCUT2D eigenvalue weighted by molar-refractivity contribution is 0.285. The Morgan fingerprint density at radius 3 is 2.55 bits per heavy atom. The summed E-state index contributed by atoms with van der Waals surface area (Å²) in [7, 11) is 1.70. The van der Waals surface area contributed by atoms with Gasteiger partial charge in [0.2, 0.25) is 0 Å². The maximum Gasteiger partial charge on any atom is 0.133 e. The van der Waals surface area contributed by atoms with Crippen molar-refractivity contribution in [3.63, 3.8) is 0 Å². The van der Waals surface area contributed by atoms with E-state index in [0.717, 1.165) is 29.7 Å². The summed E-state index contributed by atoms with van der Waals surface area (Å²) in [6.07, 6.45) is 2.25. The molecule has 1 aromatic rings. The first-order valence-corrected chi connectivity index (χ1v) is 8.22. The molecule has 1 unspecified atom stereocenters. The Hall–Kier alpha value is -0.540. The van der Waals surface area contributed by atoms with Crippen molar-refractivity contribution >= 4 is 15.9 Å². The highest BCUT2D eigenvalue weighted by atomic mass is 79.9. The zero-order valence-electron chi connectivity index (χ0n) is 13.4. The van der Waals surface area contributed by atoms with Gasteiger partial charge in [-0.2, -0.15) is 0 Å². The van der Waals surface area contributed by atoms with Gasteiger partial charge in [-0.3, -0.25) is 0 Å². The largest absolute Gasteiger partial charge is 0.496 e. The van der Waals surface area contributed by atoms with E-state index in [1.165, 1.54) is 12.0 Å². The van der Waals surface area contributed by atoms with Crippen molar-refractivity contribution < 1.29 is 4.74 Å². The molecule has 0 aliphatic rings. The minimum atomic E-state index is 0.295. The van der Waals surface area contributed by atoms with Crippen molar-refractivity contribution in [1.29, 1.82) is 0 Å². The van der Waals surface area contributed by atoms with E-state index in [4.69, 9.17) is 4.74 Å². The molecule has 1 rings (SSSR count). The van der Waals surface area contributed by atoms with Gasteiger partial charge in [0.1, 0.15) is 5.75 Å². The van der Waals surface area contributed by atoms with Crippen LogP contribution in [0, 0.1) is 11.3 Å². The third kappa shape index (κ3) is 5.45. The topological polar surface area (TPSA) is 21.3 Å². The van der Waals surface area contributed by atoms with E-state index in [2.05, 4.69) is 61.1 Å². The molecule has 0 spiro atoms. The molecule has 1 N–H and O–H groups in total. The summed E-state index contributed by atoms with van der Waals surface area (Å²) in [6, 6.07) is 6.38. The first-order valence-electron chi connectivity index (χ1n) is 7.43. The van der Waals surface area contributed by atoms with E-state index in [1.54, 1.807) is 7.11 Å². The molecule has 1 atom stereocenters. The average Bonchev–Trinajstić information content (AvgIpc) is 2.38. The van der Waals surface area contributed by atoms with Gasteiger partial charge in [-0.05, 0) is 64.3 Å². The molecule has 0 saturated heterocycles. The van der Waals surface area contributed by atoms with Gasteiger partial charge in [0.05, 0.1) is 11.6 Å². The smallest absolute Gasteiger partial charge is 0.133 e. The standard InChI is InChI=1S/C17H28BrNO/c1-6-17(4,12-19-11-13(2)3)10-14-7-8-16(20-5)15(18)9-14/h7-9,13,19H,6,10-12H2,1-5H3. The van der Waals surface area contributed by atoms with Crippen LogP contribution in [0.1, 0.15) is 39.7 Å². The maximum atomic E-state index is 5.29. The van der Waals surface area contributed by atoms with Gasteiger partial charge in [-0.15, -0.1) is 0 Å². The lowest BCUT2D eigenvalue weighted by atomic mass is 9.81. The predicted octanol–water partition coefficient (Wildman–Crippen LogP) is 4.66. The van der Waals surface area contributed by atoms with Crippen LogP contribution in [-0.2, 0) is 6.42 Å². The van der Waals surface area contributed by atoms with Gasteiger partial charge in [-0.25, -0.2) is 0 Å². The number of hydrogen-bond donors (Lipinski definition) is 1. The van der Waals surface area contributed by atoms with Crippen molar-refractivity contribution in [3.8, 4) is 5.75 Å². The second-order valence-electron chi connectivity index (χ2n) is 6.33. The molecular weight excluding hydrogens is 314 g/mol. The minimum Gasteiger partial charge on any atom is -0.496 e. The number of nitrogens with one attached hydrogen (secondary N) is 1. The summed E-state index contributed by atoms with van der Waals surface area (Å²) < 4.78 is 6.32. The van der Waals surface area contributed by atoms with Crippen LogP contribution in [-0.4, -0.2) is 20.2 Å². The number of ether oxygens (including phenoxy) is 1. The monoisotopic (exact) mass is 341 g/mol. The van der Waals surface area contributed by atoms with Crippen molar-refractivity contribution in [2.45, 2.75) is 40.5 Å². The fraction of sp³-hybridized carbons (Fsp3) is 0.647. The minimum absolute atomic E-state index is 0.295. The van der Waals surface area contributed by atoms with Gasteiger partial charge in [0.15, 0.2) is 0 Å². The number of rotatable bonds is 8. The molecule has 1 aromatic carbocycles. The molecule has 114 valence electrons. The SMILES string of the molecule is CCC(C)(CNCC(C)C)Cc1ccc(OC)c(Br)c1. The number of hydrogen-bond acceptors (Lipinski definition) is 2. The van der Waals surface area contributed by atoms with Crippen molar-refractivity contribution in [1.82, 2.24) is 5.32 Å². The molecule has 0 heterocycles. The summed E-state index contributed by atoms with van der Waals surface area (Å²) in [5, 5.41) is 3.60. The highest BCUT2D eigenvalue weighted by molar-refractivity contribution is 9.10. The number of methoxy groups -OCH3 is 1. The molecule has 0 aliphatic carbocycles. The molecule has 2 nitrogen and oxygen atoms in total. The van der Waals surface area contributed by atoms with Gasteiger partial charge in [-0.1, -0.05) is 33.8 Å². The van der Waals surface area contributed by atoms with Gasteiger partial charge >= 0.3 is 0 Å². The Kier molecular flexibility index (Phi) is 7.04. The predicted molar refractivity (Wildman–Crippen MR) is 90.5 cm³/mol. The Labute approximate surface area is 132 Å². The lowest BCUT2D eigenvalue weighted by Gasteiger charge is -2.29. The molecule has 0 fully saturated rings. The molecular formula is C17H28BrNO. The summed E-state index contributed by atoms with van der Waals surface area (Å²) in [6.45, 7) is 11.3. The number of halogens is 1. The summed E-state index contributed by atoms with van der Waals surface area (Å²) in [4.78, 5) is 0.